The van der Waals surface area contributed by atoms with E-state index in [1.54, 1.807) is 0 Å². The number of nitrogens with one attached hydrogen (secondary N) is 1. The van der Waals surface area contributed by atoms with Gasteiger partial charge >= 0.3 is 6.18 Å². The minimum Gasteiger partial charge on any atom is -0.397 e. The van der Waals surface area contributed by atoms with Crippen LogP contribution in [-0.4, -0.2) is 23.9 Å². The van der Waals surface area contributed by atoms with Crippen LogP contribution in [0.1, 0.15) is 0 Å². The SMILES string of the molecule is Nc1cc(Cl)c(Cl)cc1NCC(O)C(F)(F)F. The predicted octanol–water partition coefficient (Wildman–Crippen LogP) is 2.91. The van der Waals surface area contributed by atoms with Gasteiger partial charge in [-0.25, -0.2) is 0 Å². The number of hydrogen-bond acceptors (Lipinski definition) is 3. The third-order valence-corrected chi connectivity index (χ3v) is 2.68. The first-order valence-electron chi connectivity index (χ1n) is 4.45. The van der Waals surface area contributed by atoms with Crippen molar-refractivity contribution in [1.82, 2.24) is 0 Å². The summed E-state index contributed by atoms with van der Waals surface area (Å²) in [5.41, 5.74) is 5.85. The second-order valence-corrected chi connectivity index (χ2v) is 4.11. The highest BCUT2D eigenvalue weighted by atomic mass is 35.5. The summed E-state index contributed by atoms with van der Waals surface area (Å²) < 4.78 is 36.1. The first-order chi connectivity index (χ1) is 7.71. The number of halogens is 5. The Morgan fingerprint density at radius 2 is 1.82 bits per heavy atom. The molecule has 4 N–H and O–H groups in total. The number of nitrogen functional groups attached to an aromatic ring is 1. The maximum absolute atomic E-state index is 12.0. The van der Waals surface area contributed by atoms with Crippen LogP contribution >= 0.6 is 23.2 Å². The van der Waals surface area contributed by atoms with Crippen LogP contribution in [0.15, 0.2) is 12.1 Å². The Hall–Kier alpha value is -0.850. The normalized spacial score (nSPS) is 13.5. The number of aliphatic hydroxyl groups excluding tert-OH is 1. The fourth-order valence-electron chi connectivity index (χ4n) is 1.04. The minimum absolute atomic E-state index is 0.147. The molecule has 0 bridgehead atoms. The van der Waals surface area contributed by atoms with Crippen molar-refractivity contribution < 1.29 is 18.3 Å². The van der Waals surface area contributed by atoms with Gasteiger partial charge in [-0.05, 0) is 12.1 Å². The molecular weight excluding hydrogens is 280 g/mol. The average molecular weight is 289 g/mol. The highest BCUT2D eigenvalue weighted by Crippen LogP contribution is 2.31. The van der Waals surface area contributed by atoms with Crippen LogP contribution in [0.2, 0.25) is 10.0 Å². The van der Waals surface area contributed by atoms with Gasteiger partial charge < -0.3 is 16.2 Å². The zero-order chi connectivity index (χ0) is 13.2. The van der Waals surface area contributed by atoms with E-state index in [0.717, 1.165) is 0 Å². The van der Waals surface area contributed by atoms with Gasteiger partial charge in [0.15, 0.2) is 6.10 Å². The molecule has 0 aliphatic heterocycles. The smallest absolute Gasteiger partial charge is 0.397 e. The average Bonchev–Trinajstić information content (AvgIpc) is 2.19. The zero-order valence-corrected chi connectivity index (χ0v) is 9.87. The van der Waals surface area contributed by atoms with Crippen molar-refractivity contribution >= 4 is 34.6 Å². The van der Waals surface area contributed by atoms with Crippen molar-refractivity contribution in [2.75, 3.05) is 17.6 Å². The number of anilines is 2. The number of aliphatic hydroxyl groups is 1. The lowest BCUT2D eigenvalue weighted by atomic mass is 10.2. The standard InChI is InChI=1S/C9H9Cl2F3N2O/c10-4-1-6(15)7(2-5(4)11)16-3-8(17)9(12,13)14/h1-2,8,16-17H,3,15H2. The zero-order valence-electron chi connectivity index (χ0n) is 8.35. The molecular formula is C9H9Cl2F3N2O. The fourth-order valence-corrected chi connectivity index (χ4v) is 1.37. The van der Waals surface area contributed by atoms with Gasteiger partial charge in [0, 0.05) is 6.54 Å². The van der Waals surface area contributed by atoms with E-state index in [9.17, 15) is 13.2 Å². The van der Waals surface area contributed by atoms with Crippen molar-refractivity contribution in [2.45, 2.75) is 12.3 Å². The summed E-state index contributed by atoms with van der Waals surface area (Å²) in [5, 5.41) is 11.5. The van der Waals surface area contributed by atoms with E-state index in [4.69, 9.17) is 34.0 Å². The highest BCUT2D eigenvalue weighted by molar-refractivity contribution is 6.42. The topological polar surface area (TPSA) is 58.3 Å². The third kappa shape index (κ3) is 3.83. The van der Waals surface area contributed by atoms with Crippen LogP contribution in [0.3, 0.4) is 0 Å². The van der Waals surface area contributed by atoms with E-state index < -0.39 is 18.8 Å². The molecule has 96 valence electrons. The molecule has 0 fully saturated rings. The maximum Gasteiger partial charge on any atom is 0.416 e. The molecule has 0 heterocycles. The molecule has 1 unspecified atom stereocenters. The van der Waals surface area contributed by atoms with E-state index in [0.29, 0.717) is 0 Å². The molecule has 0 spiro atoms. The Balaban J connectivity index is 2.73. The number of rotatable bonds is 3. The molecule has 0 saturated heterocycles. The summed E-state index contributed by atoms with van der Waals surface area (Å²) in [7, 11) is 0. The van der Waals surface area contributed by atoms with Gasteiger partial charge in [0.05, 0.1) is 21.4 Å². The molecule has 0 amide bonds. The number of hydrogen-bond donors (Lipinski definition) is 3. The number of alkyl halides is 3. The Morgan fingerprint density at radius 1 is 1.29 bits per heavy atom. The summed E-state index contributed by atoms with van der Waals surface area (Å²) in [6.45, 7) is -0.717. The van der Waals surface area contributed by atoms with Gasteiger partial charge in [0.2, 0.25) is 0 Å². The molecule has 8 heteroatoms. The maximum atomic E-state index is 12.0. The highest BCUT2D eigenvalue weighted by Gasteiger charge is 2.37. The van der Waals surface area contributed by atoms with E-state index in [1.807, 2.05) is 0 Å². The van der Waals surface area contributed by atoms with Gasteiger partial charge in [0.25, 0.3) is 0 Å². The Labute approximate surface area is 105 Å². The van der Waals surface area contributed by atoms with Crippen LogP contribution in [0.25, 0.3) is 0 Å². The summed E-state index contributed by atoms with van der Waals surface area (Å²) in [6, 6.07) is 2.61. The van der Waals surface area contributed by atoms with E-state index in [1.165, 1.54) is 12.1 Å². The number of nitrogens with two attached hydrogens (primary N) is 1. The molecule has 1 aromatic carbocycles. The third-order valence-electron chi connectivity index (χ3n) is 1.96. The van der Waals surface area contributed by atoms with Gasteiger partial charge in [-0.1, -0.05) is 23.2 Å². The van der Waals surface area contributed by atoms with Crippen molar-refractivity contribution in [3.05, 3.63) is 22.2 Å². The molecule has 0 radical (unpaired) electrons. The summed E-state index contributed by atoms with van der Waals surface area (Å²) in [4.78, 5) is 0. The van der Waals surface area contributed by atoms with Gasteiger partial charge in [-0.15, -0.1) is 0 Å². The van der Waals surface area contributed by atoms with Crippen molar-refractivity contribution in [2.24, 2.45) is 0 Å². The van der Waals surface area contributed by atoms with Crippen LogP contribution in [-0.2, 0) is 0 Å². The van der Waals surface area contributed by atoms with E-state index >= 15 is 0 Å². The van der Waals surface area contributed by atoms with Crippen molar-refractivity contribution in [1.29, 1.82) is 0 Å². The lowest BCUT2D eigenvalue weighted by molar-refractivity contribution is -0.198. The quantitative estimate of drug-likeness (QED) is 0.750. The fraction of sp³-hybridized carbons (Fsp3) is 0.333. The van der Waals surface area contributed by atoms with Gasteiger partial charge in [-0.3, -0.25) is 0 Å². The molecule has 1 atom stereocenters. The Morgan fingerprint density at radius 3 is 2.35 bits per heavy atom. The molecule has 17 heavy (non-hydrogen) atoms. The van der Waals surface area contributed by atoms with E-state index in [2.05, 4.69) is 5.32 Å². The predicted molar refractivity (Wildman–Crippen MR) is 61.4 cm³/mol. The largest absolute Gasteiger partial charge is 0.416 e. The summed E-state index contributed by atoms with van der Waals surface area (Å²) in [6.07, 6.45) is -7.16. The lowest BCUT2D eigenvalue weighted by Crippen LogP contribution is -2.35. The van der Waals surface area contributed by atoms with Crippen LogP contribution in [0.4, 0.5) is 24.5 Å². The van der Waals surface area contributed by atoms with Crippen LogP contribution < -0.4 is 11.1 Å². The van der Waals surface area contributed by atoms with Gasteiger partial charge in [0.1, 0.15) is 0 Å². The second kappa shape index (κ2) is 5.20. The van der Waals surface area contributed by atoms with Crippen LogP contribution in [0, 0.1) is 0 Å². The molecule has 0 aliphatic carbocycles. The first kappa shape index (κ1) is 14.2. The second-order valence-electron chi connectivity index (χ2n) is 3.29. The molecule has 0 aliphatic rings. The van der Waals surface area contributed by atoms with Gasteiger partial charge in [-0.2, -0.15) is 13.2 Å². The van der Waals surface area contributed by atoms with Crippen molar-refractivity contribution in [3.63, 3.8) is 0 Å². The molecule has 3 nitrogen and oxygen atoms in total. The monoisotopic (exact) mass is 288 g/mol. The van der Waals surface area contributed by atoms with Crippen LogP contribution in [0.5, 0.6) is 0 Å². The molecule has 1 rings (SSSR count). The molecule has 0 aromatic heterocycles. The molecule has 0 saturated carbocycles. The van der Waals surface area contributed by atoms with E-state index in [-0.39, 0.29) is 21.4 Å². The number of benzene rings is 1. The summed E-state index contributed by atoms with van der Waals surface area (Å²) in [5.74, 6) is 0. The summed E-state index contributed by atoms with van der Waals surface area (Å²) >= 11 is 11.3. The lowest BCUT2D eigenvalue weighted by Gasteiger charge is -2.17. The Kier molecular flexibility index (Phi) is 4.35. The van der Waals surface area contributed by atoms with Crippen molar-refractivity contribution in [3.8, 4) is 0 Å². The first-order valence-corrected chi connectivity index (χ1v) is 5.20. The molecule has 1 aromatic rings. The Bertz CT molecular complexity index is 412. The minimum atomic E-state index is -4.68.